The highest BCUT2D eigenvalue weighted by molar-refractivity contribution is 7.16. The molecule has 11 heteroatoms. The molecule has 0 atom stereocenters. The number of hydrogen-bond donors (Lipinski definition) is 2. The summed E-state index contributed by atoms with van der Waals surface area (Å²) in [6.45, 7) is 6.47. The van der Waals surface area contributed by atoms with Gasteiger partial charge in [0, 0.05) is 18.5 Å². The molecule has 0 saturated carbocycles. The lowest BCUT2D eigenvalue weighted by molar-refractivity contribution is -0.137. The molecule has 0 bridgehead atoms. The quantitative estimate of drug-likeness (QED) is 0.310. The first-order valence-electron chi connectivity index (χ1n) is 10.3. The van der Waals surface area contributed by atoms with E-state index in [0.717, 1.165) is 34.8 Å². The lowest BCUT2D eigenvalue weighted by atomic mass is 10.1. The van der Waals surface area contributed by atoms with Crippen LogP contribution in [0.2, 0.25) is 0 Å². The molecule has 0 fully saturated rings. The molecule has 0 spiro atoms. The molecule has 0 aliphatic carbocycles. The van der Waals surface area contributed by atoms with E-state index in [-0.39, 0.29) is 11.7 Å². The van der Waals surface area contributed by atoms with Gasteiger partial charge in [-0.3, -0.25) is 9.59 Å². The van der Waals surface area contributed by atoms with Gasteiger partial charge in [0.25, 0.3) is 11.8 Å². The Morgan fingerprint density at radius 3 is 2.26 bits per heavy atom. The Labute approximate surface area is 202 Å². The van der Waals surface area contributed by atoms with Gasteiger partial charge in [-0.1, -0.05) is 12.1 Å². The van der Waals surface area contributed by atoms with E-state index in [0.29, 0.717) is 44.6 Å². The number of benzene rings is 1. The van der Waals surface area contributed by atoms with E-state index >= 15 is 0 Å². The molecule has 1 aromatic carbocycles. The molecule has 3 rings (SSSR count). The molecule has 3 aromatic rings. The lowest BCUT2D eigenvalue weighted by Gasteiger charge is -2.17. The fourth-order valence-electron chi connectivity index (χ4n) is 3.12. The molecular weight excluding hydrogens is 487 g/mol. The molecule has 2 aromatic heterocycles. The van der Waals surface area contributed by atoms with E-state index in [1.165, 1.54) is 12.1 Å². The molecule has 2 amide bonds. The normalized spacial score (nSPS) is 12.0. The number of nitrogens with zero attached hydrogens (tertiary/aromatic N) is 2. The Morgan fingerprint density at radius 1 is 1.06 bits per heavy atom. The van der Waals surface area contributed by atoms with Crippen molar-refractivity contribution in [1.29, 1.82) is 0 Å². The maximum absolute atomic E-state index is 12.8. The molecular formula is C23H22F3N3O3S2. The third kappa shape index (κ3) is 5.48. The minimum absolute atomic E-state index is 0.136. The summed E-state index contributed by atoms with van der Waals surface area (Å²) in [5.41, 5.74) is 2.74. The number of aromatic hydroxyl groups is 1. The average molecular weight is 510 g/mol. The zero-order chi connectivity index (χ0) is 25.0. The van der Waals surface area contributed by atoms with Gasteiger partial charge in [-0.05, 0) is 50.6 Å². The van der Waals surface area contributed by atoms with Crippen molar-refractivity contribution >= 4 is 40.2 Å². The maximum atomic E-state index is 12.8. The Bertz CT molecular complexity index is 1210. The summed E-state index contributed by atoms with van der Waals surface area (Å²) in [4.78, 5) is 27.7. The number of rotatable bonds is 7. The Balaban J connectivity index is 1.72. The van der Waals surface area contributed by atoms with Crippen molar-refractivity contribution in [3.05, 3.63) is 62.7 Å². The number of nitrogens with one attached hydrogen (secondary N) is 1. The number of alkyl halides is 3. The monoisotopic (exact) mass is 509 g/mol. The van der Waals surface area contributed by atoms with Crippen LogP contribution < -0.4 is 5.43 Å². The third-order valence-electron chi connectivity index (χ3n) is 5.05. The number of hydrogen-bond acceptors (Lipinski definition) is 6. The fraction of sp³-hybridized carbons (Fsp3) is 0.261. The van der Waals surface area contributed by atoms with E-state index in [4.69, 9.17) is 0 Å². The maximum Gasteiger partial charge on any atom is 0.416 e. The second kappa shape index (κ2) is 10.4. The summed E-state index contributed by atoms with van der Waals surface area (Å²) in [5.74, 6) is -0.781. The average Bonchev–Trinajstić information content (AvgIpc) is 3.45. The molecule has 2 heterocycles. The zero-order valence-corrected chi connectivity index (χ0v) is 20.2. The van der Waals surface area contributed by atoms with Gasteiger partial charge in [0.15, 0.2) is 0 Å². The Hall–Kier alpha value is -3.18. The predicted octanol–water partition coefficient (Wildman–Crippen LogP) is 5.84. The highest BCUT2D eigenvalue weighted by atomic mass is 32.1. The number of amides is 2. The first-order chi connectivity index (χ1) is 16.1. The predicted molar refractivity (Wildman–Crippen MR) is 128 cm³/mol. The van der Waals surface area contributed by atoms with Gasteiger partial charge in [-0.15, -0.1) is 22.7 Å². The summed E-state index contributed by atoms with van der Waals surface area (Å²) in [7, 11) is 0. The summed E-state index contributed by atoms with van der Waals surface area (Å²) < 4.78 is 38.3. The van der Waals surface area contributed by atoms with Crippen LogP contribution in [0, 0.1) is 0 Å². The van der Waals surface area contributed by atoms with Gasteiger partial charge in [-0.2, -0.15) is 18.3 Å². The zero-order valence-electron chi connectivity index (χ0n) is 18.6. The molecule has 0 saturated heterocycles. The van der Waals surface area contributed by atoms with Crippen LogP contribution in [-0.2, 0) is 6.18 Å². The van der Waals surface area contributed by atoms with Crippen molar-refractivity contribution in [1.82, 2.24) is 10.3 Å². The van der Waals surface area contributed by atoms with Crippen molar-refractivity contribution in [3.63, 3.8) is 0 Å². The standard InChI is InChI=1S/C23H22F3N3O3S2/c1-4-29(5-2)22(32)18-11-10-17(34-18)21(31)28-27-13(3)16-12-33-20(19(16)30)14-6-8-15(9-7-14)23(24,25)26/h6-12,30H,4-5H2,1-3H3,(H,28,31). The molecule has 180 valence electrons. The van der Waals surface area contributed by atoms with E-state index in [1.54, 1.807) is 29.3 Å². The molecule has 6 nitrogen and oxygen atoms in total. The van der Waals surface area contributed by atoms with Crippen molar-refractivity contribution in [2.24, 2.45) is 5.10 Å². The summed E-state index contributed by atoms with van der Waals surface area (Å²) in [5, 5.41) is 16.2. The van der Waals surface area contributed by atoms with Crippen LogP contribution in [0.25, 0.3) is 10.4 Å². The van der Waals surface area contributed by atoms with Crippen LogP contribution in [0.4, 0.5) is 13.2 Å². The number of carbonyl (C=O) groups is 2. The largest absolute Gasteiger partial charge is 0.506 e. The van der Waals surface area contributed by atoms with Gasteiger partial charge in [0.1, 0.15) is 5.75 Å². The number of carbonyl (C=O) groups excluding carboxylic acids is 2. The second-order valence-corrected chi connectivity index (χ2v) is 9.15. The molecule has 0 aliphatic heterocycles. The summed E-state index contributed by atoms with van der Waals surface area (Å²) >= 11 is 2.21. The van der Waals surface area contributed by atoms with Crippen LogP contribution in [0.3, 0.4) is 0 Å². The minimum atomic E-state index is -4.44. The minimum Gasteiger partial charge on any atom is -0.506 e. The van der Waals surface area contributed by atoms with Crippen molar-refractivity contribution in [3.8, 4) is 16.2 Å². The van der Waals surface area contributed by atoms with Gasteiger partial charge < -0.3 is 10.0 Å². The van der Waals surface area contributed by atoms with Crippen molar-refractivity contribution in [2.75, 3.05) is 13.1 Å². The molecule has 2 N–H and O–H groups in total. The van der Waals surface area contributed by atoms with Gasteiger partial charge in [0.05, 0.1) is 31.5 Å². The van der Waals surface area contributed by atoms with Crippen LogP contribution in [0.15, 0.2) is 46.9 Å². The topological polar surface area (TPSA) is 82.0 Å². The molecule has 0 radical (unpaired) electrons. The van der Waals surface area contributed by atoms with Gasteiger partial charge in [0.2, 0.25) is 0 Å². The lowest BCUT2D eigenvalue weighted by Crippen LogP contribution is -2.29. The number of thiophene rings is 2. The van der Waals surface area contributed by atoms with Crippen LogP contribution in [-0.4, -0.2) is 40.6 Å². The smallest absolute Gasteiger partial charge is 0.416 e. The molecule has 0 aliphatic rings. The number of halogens is 3. The van der Waals surface area contributed by atoms with Crippen molar-refractivity contribution in [2.45, 2.75) is 26.9 Å². The Kier molecular flexibility index (Phi) is 7.78. The molecule has 34 heavy (non-hydrogen) atoms. The molecule has 0 unspecified atom stereocenters. The van der Waals surface area contributed by atoms with E-state index in [1.807, 2.05) is 13.8 Å². The van der Waals surface area contributed by atoms with Crippen LogP contribution in [0.1, 0.15) is 51.2 Å². The van der Waals surface area contributed by atoms with E-state index < -0.39 is 17.6 Å². The SMILES string of the molecule is CCN(CC)C(=O)c1ccc(C(=O)NN=C(C)c2csc(-c3ccc(C(F)(F)F)cc3)c2O)s1. The highest BCUT2D eigenvalue weighted by Crippen LogP contribution is 2.40. The van der Waals surface area contributed by atoms with Crippen molar-refractivity contribution < 1.29 is 27.9 Å². The highest BCUT2D eigenvalue weighted by Gasteiger charge is 2.30. The Morgan fingerprint density at radius 2 is 1.68 bits per heavy atom. The summed E-state index contributed by atoms with van der Waals surface area (Å²) in [6.07, 6.45) is -4.44. The fourth-order valence-corrected chi connectivity index (χ4v) is 4.99. The third-order valence-corrected chi connectivity index (χ3v) is 7.14. The number of hydrazone groups is 1. The summed E-state index contributed by atoms with van der Waals surface area (Å²) in [6, 6.07) is 7.63. The second-order valence-electron chi connectivity index (χ2n) is 7.18. The van der Waals surface area contributed by atoms with E-state index in [9.17, 15) is 27.9 Å². The van der Waals surface area contributed by atoms with Gasteiger partial charge >= 0.3 is 6.18 Å². The van der Waals surface area contributed by atoms with Gasteiger partial charge in [-0.25, -0.2) is 5.43 Å². The first kappa shape index (κ1) is 25.4. The van der Waals surface area contributed by atoms with Crippen LogP contribution >= 0.6 is 22.7 Å². The van der Waals surface area contributed by atoms with E-state index in [2.05, 4.69) is 10.5 Å². The van der Waals surface area contributed by atoms with Crippen LogP contribution in [0.5, 0.6) is 5.75 Å². The first-order valence-corrected chi connectivity index (χ1v) is 12.0.